The van der Waals surface area contributed by atoms with Gasteiger partial charge in [0, 0.05) is 13.3 Å². The van der Waals surface area contributed by atoms with Gasteiger partial charge in [0.05, 0.1) is 12.0 Å². The van der Waals surface area contributed by atoms with Crippen molar-refractivity contribution in [3.05, 3.63) is 35.4 Å². The van der Waals surface area contributed by atoms with Crippen molar-refractivity contribution in [3.63, 3.8) is 0 Å². The highest BCUT2D eigenvalue weighted by Gasteiger charge is 2.25. The summed E-state index contributed by atoms with van der Waals surface area (Å²) in [4.78, 5) is 23.3. The van der Waals surface area contributed by atoms with Crippen molar-refractivity contribution in [3.8, 4) is 0 Å². The van der Waals surface area contributed by atoms with E-state index < -0.39 is 24.1 Å². The second-order valence-corrected chi connectivity index (χ2v) is 6.81. The predicted octanol–water partition coefficient (Wildman–Crippen LogP) is 3.34. The molecule has 1 N–H and O–H groups in total. The first-order valence-electron chi connectivity index (χ1n) is 9.05. The summed E-state index contributed by atoms with van der Waals surface area (Å²) in [5.74, 6) is -0.976. The number of ether oxygens (including phenoxy) is 2. The molecule has 1 aromatic carbocycles. The van der Waals surface area contributed by atoms with Gasteiger partial charge in [-0.25, -0.2) is 0 Å². The van der Waals surface area contributed by atoms with Crippen LogP contribution in [-0.4, -0.2) is 29.4 Å². The van der Waals surface area contributed by atoms with E-state index in [4.69, 9.17) is 9.47 Å². The van der Waals surface area contributed by atoms with Crippen LogP contribution in [0.1, 0.15) is 63.5 Å². The fraction of sp³-hybridized carbons (Fsp3) is 0.600. The van der Waals surface area contributed by atoms with Crippen molar-refractivity contribution >= 4 is 11.9 Å². The van der Waals surface area contributed by atoms with Crippen molar-refractivity contribution < 1.29 is 24.2 Å². The van der Waals surface area contributed by atoms with E-state index >= 15 is 0 Å². The Labute approximate surface area is 149 Å². The van der Waals surface area contributed by atoms with Gasteiger partial charge in [0.25, 0.3) is 0 Å². The lowest BCUT2D eigenvalue weighted by Crippen LogP contribution is -2.25. The lowest BCUT2D eigenvalue weighted by Gasteiger charge is -2.19. The van der Waals surface area contributed by atoms with Crippen LogP contribution in [0.5, 0.6) is 0 Å². The van der Waals surface area contributed by atoms with E-state index in [0.717, 1.165) is 31.2 Å². The molecule has 138 valence electrons. The third-order valence-electron chi connectivity index (χ3n) is 4.83. The molecule has 1 fully saturated rings. The topological polar surface area (TPSA) is 72.8 Å². The van der Waals surface area contributed by atoms with Crippen LogP contribution in [0.3, 0.4) is 0 Å². The molecule has 1 aliphatic rings. The molecule has 0 bridgehead atoms. The molecular formula is C20H28O5. The van der Waals surface area contributed by atoms with Crippen LogP contribution in [0.4, 0.5) is 0 Å². The SMILES string of the molecule is CCC(OC(C)=O)OC(=O)[C@@H](C)c1ccc(C[C@H]2CCC[C@@H]2O)cc1. The van der Waals surface area contributed by atoms with E-state index in [1.54, 1.807) is 13.8 Å². The molecule has 5 nitrogen and oxygen atoms in total. The van der Waals surface area contributed by atoms with Crippen molar-refractivity contribution in [1.29, 1.82) is 0 Å². The summed E-state index contributed by atoms with van der Waals surface area (Å²) >= 11 is 0. The quantitative estimate of drug-likeness (QED) is 0.604. The summed E-state index contributed by atoms with van der Waals surface area (Å²) in [6.07, 6.45) is 3.31. The van der Waals surface area contributed by atoms with Crippen LogP contribution < -0.4 is 0 Å². The molecule has 5 heteroatoms. The Morgan fingerprint density at radius 3 is 2.40 bits per heavy atom. The summed E-state index contributed by atoms with van der Waals surface area (Å²) < 4.78 is 10.2. The van der Waals surface area contributed by atoms with Crippen LogP contribution in [-0.2, 0) is 25.5 Å². The first kappa shape index (κ1) is 19.4. The minimum absolute atomic E-state index is 0.194. The van der Waals surface area contributed by atoms with Gasteiger partial charge in [0.15, 0.2) is 0 Å². The first-order chi connectivity index (χ1) is 11.9. The van der Waals surface area contributed by atoms with E-state index in [-0.39, 0.29) is 6.10 Å². The number of benzene rings is 1. The Kier molecular flexibility index (Phi) is 7.00. The maximum atomic E-state index is 12.3. The van der Waals surface area contributed by atoms with Crippen molar-refractivity contribution in [2.75, 3.05) is 0 Å². The second-order valence-electron chi connectivity index (χ2n) is 6.81. The van der Waals surface area contributed by atoms with Crippen LogP contribution in [0, 0.1) is 5.92 Å². The molecule has 1 aromatic rings. The summed E-state index contributed by atoms with van der Waals surface area (Å²) in [5.41, 5.74) is 2.03. The zero-order valence-corrected chi connectivity index (χ0v) is 15.2. The van der Waals surface area contributed by atoms with Gasteiger partial charge in [0.2, 0.25) is 6.29 Å². The molecule has 1 saturated carbocycles. The van der Waals surface area contributed by atoms with Crippen LogP contribution in [0.15, 0.2) is 24.3 Å². The molecule has 1 unspecified atom stereocenters. The van der Waals surface area contributed by atoms with Gasteiger partial charge in [-0.2, -0.15) is 0 Å². The summed E-state index contributed by atoms with van der Waals surface area (Å²) in [6.45, 7) is 4.86. The number of aliphatic hydroxyl groups is 1. The number of carbonyl (C=O) groups is 2. The largest absolute Gasteiger partial charge is 0.425 e. The maximum absolute atomic E-state index is 12.3. The molecule has 4 atom stereocenters. The number of carbonyl (C=O) groups excluding carboxylic acids is 2. The molecule has 0 radical (unpaired) electrons. The smallest absolute Gasteiger partial charge is 0.316 e. The number of rotatable bonds is 7. The molecule has 0 amide bonds. The summed E-state index contributed by atoms with van der Waals surface area (Å²) in [6, 6.07) is 7.87. The predicted molar refractivity (Wildman–Crippen MR) is 93.8 cm³/mol. The number of esters is 2. The van der Waals surface area contributed by atoms with Gasteiger partial charge in [-0.1, -0.05) is 37.6 Å². The minimum Gasteiger partial charge on any atom is -0.425 e. The van der Waals surface area contributed by atoms with Crippen molar-refractivity contribution in [2.45, 2.75) is 71.2 Å². The van der Waals surface area contributed by atoms with Crippen LogP contribution in [0.25, 0.3) is 0 Å². The molecule has 0 spiro atoms. The van der Waals surface area contributed by atoms with Gasteiger partial charge in [-0.3, -0.25) is 9.59 Å². The number of hydrogen-bond donors (Lipinski definition) is 1. The van der Waals surface area contributed by atoms with Gasteiger partial charge >= 0.3 is 11.9 Å². The van der Waals surface area contributed by atoms with E-state index in [2.05, 4.69) is 0 Å². The lowest BCUT2D eigenvalue weighted by atomic mass is 9.93. The summed E-state index contributed by atoms with van der Waals surface area (Å²) in [7, 11) is 0. The average Bonchev–Trinajstić information content (AvgIpc) is 2.98. The monoisotopic (exact) mass is 348 g/mol. The van der Waals surface area contributed by atoms with Crippen LogP contribution >= 0.6 is 0 Å². The Morgan fingerprint density at radius 1 is 1.20 bits per heavy atom. The third kappa shape index (κ3) is 5.56. The van der Waals surface area contributed by atoms with Gasteiger partial charge in [-0.05, 0) is 43.2 Å². The van der Waals surface area contributed by atoms with Crippen molar-refractivity contribution in [2.24, 2.45) is 5.92 Å². The highest BCUT2D eigenvalue weighted by molar-refractivity contribution is 5.78. The summed E-state index contributed by atoms with van der Waals surface area (Å²) in [5, 5.41) is 9.94. The molecule has 0 aliphatic heterocycles. The van der Waals surface area contributed by atoms with Crippen molar-refractivity contribution in [1.82, 2.24) is 0 Å². The lowest BCUT2D eigenvalue weighted by molar-refractivity contribution is -0.187. The van der Waals surface area contributed by atoms with Gasteiger partial charge < -0.3 is 14.6 Å². The molecule has 2 rings (SSSR count). The van der Waals surface area contributed by atoms with E-state index in [1.165, 1.54) is 12.5 Å². The van der Waals surface area contributed by atoms with Gasteiger partial charge in [-0.15, -0.1) is 0 Å². The Bertz CT molecular complexity index is 580. The molecule has 25 heavy (non-hydrogen) atoms. The minimum atomic E-state index is -0.837. The normalized spacial score (nSPS) is 22.2. The fourth-order valence-electron chi connectivity index (χ4n) is 3.24. The zero-order valence-electron chi connectivity index (χ0n) is 15.2. The highest BCUT2D eigenvalue weighted by Crippen LogP contribution is 2.29. The van der Waals surface area contributed by atoms with Crippen LogP contribution in [0.2, 0.25) is 0 Å². The second kappa shape index (κ2) is 8.99. The average molecular weight is 348 g/mol. The van der Waals surface area contributed by atoms with E-state index in [0.29, 0.717) is 12.3 Å². The third-order valence-corrected chi connectivity index (χ3v) is 4.83. The van der Waals surface area contributed by atoms with E-state index in [1.807, 2.05) is 24.3 Å². The Balaban J connectivity index is 1.93. The zero-order chi connectivity index (χ0) is 18.4. The number of hydrogen-bond acceptors (Lipinski definition) is 5. The Morgan fingerprint density at radius 2 is 1.88 bits per heavy atom. The Hall–Kier alpha value is -1.88. The molecular weight excluding hydrogens is 320 g/mol. The molecule has 0 aromatic heterocycles. The fourth-order valence-corrected chi connectivity index (χ4v) is 3.24. The molecule has 1 aliphatic carbocycles. The molecule has 0 heterocycles. The van der Waals surface area contributed by atoms with E-state index in [9.17, 15) is 14.7 Å². The highest BCUT2D eigenvalue weighted by atomic mass is 16.7. The number of aliphatic hydroxyl groups excluding tert-OH is 1. The van der Waals surface area contributed by atoms with Gasteiger partial charge in [0.1, 0.15) is 0 Å². The first-order valence-corrected chi connectivity index (χ1v) is 9.05. The standard InChI is InChI=1S/C20H28O5/c1-4-19(24-14(3)21)25-20(23)13(2)16-10-8-15(9-11-16)12-17-6-5-7-18(17)22/h8-11,13,17-19,22H,4-7,12H2,1-3H3/t13-,17+,18-,19?/m0/s1. The molecule has 0 saturated heterocycles. The maximum Gasteiger partial charge on any atom is 0.316 e.